The summed E-state index contributed by atoms with van der Waals surface area (Å²) < 4.78 is 4.89. The number of nitrogens with one attached hydrogen (secondary N) is 1. The number of carbonyl (C=O) groups is 2. The van der Waals surface area contributed by atoms with Gasteiger partial charge in [0.2, 0.25) is 0 Å². The third-order valence-electron chi connectivity index (χ3n) is 1.75. The van der Waals surface area contributed by atoms with Gasteiger partial charge in [-0.1, -0.05) is 6.07 Å². The van der Waals surface area contributed by atoms with Crippen molar-refractivity contribution in [2.24, 2.45) is 0 Å². The standard InChI is InChI=1S/C11H14N2O3/c1-8(14)16-10-6-4-5-9(7-10)12-11(15)13(2)3/h4-7H,1-3H3,(H,12,15). The SMILES string of the molecule is CC(=O)Oc1cccc(NC(=O)N(C)C)c1. The number of ether oxygens (including phenoxy) is 1. The van der Waals surface area contributed by atoms with E-state index in [1.807, 2.05) is 0 Å². The van der Waals surface area contributed by atoms with Crippen molar-refractivity contribution in [2.75, 3.05) is 19.4 Å². The third-order valence-corrected chi connectivity index (χ3v) is 1.75. The van der Waals surface area contributed by atoms with Gasteiger partial charge in [-0.2, -0.15) is 0 Å². The van der Waals surface area contributed by atoms with Gasteiger partial charge in [-0.3, -0.25) is 4.79 Å². The topological polar surface area (TPSA) is 58.6 Å². The molecule has 0 aliphatic carbocycles. The van der Waals surface area contributed by atoms with Crippen molar-refractivity contribution >= 4 is 17.7 Å². The van der Waals surface area contributed by atoms with Crippen LogP contribution in [0.25, 0.3) is 0 Å². The average molecular weight is 222 g/mol. The smallest absolute Gasteiger partial charge is 0.321 e. The minimum Gasteiger partial charge on any atom is -0.427 e. The Morgan fingerprint density at radius 3 is 2.56 bits per heavy atom. The molecule has 1 aromatic rings. The molecule has 1 rings (SSSR count). The van der Waals surface area contributed by atoms with Crippen molar-refractivity contribution in [3.05, 3.63) is 24.3 Å². The van der Waals surface area contributed by atoms with E-state index in [9.17, 15) is 9.59 Å². The highest BCUT2D eigenvalue weighted by Crippen LogP contribution is 2.17. The lowest BCUT2D eigenvalue weighted by molar-refractivity contribution is -0.131. The minimum atomic E-state index is -0.393. The number of hydrogen-bond acceptors (Lipinski definition) is 3. The van der Waals surface area contributed by atoms with Crippen molar-refractivity contribution in [2.45, 2.75) is 6.92 Å². The molecule has 0 aliphatic rings. The van der Waals surface area contributed by atoms with E-state index >= 15 is 0 Å². The largest absolute Gasteiger partial charge is 0.427 e. The van der Waals surface area contributed by atoms with Gasteiger partial charge in [0.05, 0.1) is 0 Å². The highest BCUT2D eigenvalue weighted by molar-refractivity contribution is 5.89. The molecule has 0 unspecified atom stereocenters. The van der Waals surface area contributed by atoms with Gasteiger partial charge in [0.25, 0.3) is 0 Å². The van der Waals surface area contributed by atoms with E-state index in [0.717, 1.165) is 0 Å². The molecule has 5 nitrogen and oxygen atoms in total. The second-order valence-corrected chi connectivity index (χ2v) is 3.45. The molecule has 16 heavy (non-hydrogen) atoms. The molecule has 86 valence electrons. The monoisotopic (exact) mass is 222 g/mol. The number of carbonyl (C=O) groups excluding carboxylic acids is 2. The van der Waals surface area contributed by atoms with Crippen molar-refractivity contribution in [1.29, 1.82) is 0 Å². The normalized spacial score (nSPS) is 9.44. The number of urea groups is 1. The summed E-state index contributed by atoms with van der Waals surface area (Å²) in [6.45, 7) is 1.32. The van der Waals surface area contributed by atoms with E-state index in [4.69, 9.17) is 4.74 Å². The van der Waals surface area contributed by atoms with Crippen LogP contribution in [0.2, 0.25) is 0 Å². The Morgan fingerprint density at radius 1 is 1.31 bits per heavy atom. The minimum absolute atomic E-state index is 0.236. The molecule has 2 amide bonds. The van der Waals surface area contributed by atoms with Gasteiger partial charge in [-0.25, -0.2) is 4.79 Å². The van der Waals surface area contributed by atoms with Crippen LogP contribution in [0.15, 0.2) is 24.3 Å². The Kier molecular flexibility index (Phi) is 3.88. The highest BCUT2D eigenvalue weighted by atomic mass is 16.5. The third kappa shape index (κ3) is 3.61. The number of nitrogens with zero attached hydrogens (tertiary/aromatic N) is 1. The summed E-state index contributed by atoms with van der Waals surface area (Å²) >= 11 is 0. The molecule has 0 saturated carbocycles. The average Bonchev–Trinajstić information content (AvgIpc) is 2.16. The first-order valence-corrected chi connectivity index (χ1v) is 4.76. The molecule has 0 aromatic heterocycles. The van der Waals surface area contributed by atoms with Crippen LogP contribution < -0.4 is 10.1 Å². The summed E-state index contributed by atoms with van der Waals surface area (Å²) in [5.41, 5.74) is 0.581. The summed E-state index contributed by atoms with van der Waals surface area (Å²) in [5.74, 6) is 0.0140. The summed E-state index contributed by atoms with van der Waals surface area (Å²) in [5, 5.41) is 2.65. The first-order chi connectivity index (χ1) is 7.49. The summed E-state index contributed by atoms with van der Waals surface area (Å²) in [6, 6.07) is 6.41. The quantitative estimate of drug-likeness (QED) is 0.612. The molecule has 0 spiro atoms. The Hall–Kier alpha value is -2.04. The van der Waals surface area contributed by atoms with Gasteiger partial charge >= 0.3 is 12.0 Å². The Balaban J connectivity index is 2.74. The molecule has 0 saturated heterocycles. The van der Waals surface area contributed by atoms with E-state index < -0.39 is 5.97 Å². The molecule has 1 aromatic carbocycles. The Labute approximate surface area is 94.0 Å². The number of rotatable bonds is 2. The van der Waals surface area contributed by atoms with Crippen LogP contribution in [-0.2, 0) is 4.79 Å². The predicted octanol–water partition coefficient (Wildman–Crippen LogP) is 1.71. The number of anilines is 1. The summed E-state index contributed by atoms with van der Waals surface area (Å²) in [7, 11) is 3.29. The molecule has 1 N–H and O–H groups in total. The van der Waals surface area contributed by atoms with Gasteiger partial charge in [-0.05, 0) is 12.1 Å². The lowest BCUT2D eigenvalue weighted by Gasteiger charge is -2.12. The lowest BCUT2D eigenvalue weighted by atomic mass is 10.3. The van der Waals surface area contributed by atoms with Crippen molar-refractivity contribution in [3.63, 3.8) is 0 Å². The molecule has 5 heteroatoms. The van der Waals surface area contributed by atoms with Crippen LogP contribution in [0.1, 0.15) is 6.92 Å². The predicted molar refractivity (Wildman–Crippen MR) is 60.5 cm³/mol. The Bertz CT molecular complexity index is 402. The molecule has 0 bridgehead atoms. The number of hydrogen-bond donors (Lipinski definition) is 1. The molecule has 0 fully saturated rings. The highest BCUT2D eigenvalue weighted by Gasteiger charge is 2.05. The summed E-state index contributed by atoms with van der Waals surface area (Å²) in [6.07, 6.45) is 0. The second-order valence-electron chi connectivity index (χ2n) is 3.45. The summed E-state index contributed by atoms with van der Waals surface area (Å²) in [4.78, 5) is 23.5. The zero-order chi connectivity index (χ0) is 12.1. The maximum Gasteiger partial charge on any atom is 0.321 e. The van der Waals surface area contributed by atoms with Gasteiger partial charge < -0.3 is 15.0 Å². The first kappa shape index (κ1) is 12.0. The fraction of sp³-hybridized carbons (Fsp3) is 0.273. The fourth-order valence-electron chi connectivity index (χ4n) is 1.04. The molecule has 0 aliphatic heterocycles. The lowest BCUT2D eigenvalue weighted by Crippen LogP contribution is -2.27. The van der Waals surface area contributed by atoms with Gasteiger partial charge in [-0.15, -0.1) is 0 Å². The maximum atomic E-state index is 11.4. The van der Waals surface area contributed by atoms with E-state index in [1.54, 1.807) is 38.4 Å². The first-order valence-electron chi connectivity index (χ1n) is 4.76. The molecule has 0 heterocycles. The van der Waals surface area contributed by atoms with Crippen LogP contribution >= 0.6 is 0 Å². The van der Waals surface area contributed by atoms with Crippen LogP contribution in [0, 0.1) is 0 Å². The zero-order valence-electron chi connectivity index (χ0n) is 9.48. The molecular formula is C11H14N2O3. The van der Waals surface area contributed by atoms with Crippen LogP contribution in [0.4, 0.5) is 10.5 Å². The van der Waals surface area contributed by atoms with E-state index in [-0.39, 0.29) is 6.03 Å². The zero-order valence-corrected chi connectivity index (χ0v) is 9.48. The fourth-order valence-corrected chi connectivity index (χ4v) is 1.04. The number of benzene rings is 1. The van der Waals surface area contributed by atoms with Crippen molar-refractivity contribution in [3.8, 4) is 5.75 Å². The van der Waals surface area contributed by atoms with Crippen molar-refractivity contribution in [1.82, 2.24) is 4.90 Å². The van der Waals surface area contributed by atoms with Gasteiger partial charge in [0, 0.05) is 32.8 Å². The van der Waals surface area contributed by atoms with Gasteiger partial charge in [0.1, 0.15) is 5.75 Å². The van der Waals surface area contributed by atoms with Gasteiger partial charge in [0.15, 0.2) is 0 Å². The Morgan fingerprint density at radius 2 is 2.00 bits per heavy atom. The maximum absolute atomic E-state index is 11.4. The second kappa shape index (κ2) is 5.16. The molecule has 0 atom stereocenters. The molecular weight excluding hydrogens is 208 g/mol. The van der Waals surface area contributed by atoms with Crippen molar-refractivity contribution < 1.29 is 14.3 Å². The van der Waals surface area contributed by atoms with Crippen LogP contribution in [-0.4, -0.2) is 31.0 Å². The van der Waals surface area contributed by atoms with E-state index in [0.29, 0.717) is 11.4 Å². The van der Waals surface area contributed by atoms with Crippen LogP contribution in [0.3, 0.4) is 0 Å². The van der Waals surface area contributed by atoms with Crippen LogP contribution in [0.5, 0.6) is 5.75 Å². The number of esters is 1. The van der Waals surface area contributed by atoms with E-state index in [1.165, 1.54) is 11.8 Å². The van der Waals surface area contributed by atoms with E-state index in [2.05, 4.69) is 5.32 Å². The number of amides is 2. The molecule has 0 radical (unpaired) electrons.